The number of phenols is 1. The van der Waals surface area contributed by atoms with E-state index in [4.69, 9.17) is 10.2 Å². The Balaban J connectivity index is 3.25. The van der Waals surface area contributed by atoms with Gasteiger partial charge in [0.25, 0.3) is 0 Å². The molecule has 78 valence electrons. The molecule has 0 aliphatic rings. The fraction of sp³-hybridized carbons (Fsp3) is 0.333. The van der Waals surface area contributed by atoms with Gasteiger partial charge in [-0.05, 0) is 6.92 Å². The van der Waals surface area contributed by atoms with Gasteiger partial charge in [-0.1, -0.05) is 0 Å². The van der Waals surface area contributed by atoms with Gasteiger partial charge < -0.3 is 10.2 Å². The van der Waals surface area contributed by atoms with E-state index in [0.717, 1.165) is 0 Å². The molecule has 2 N–H and O–H groups in total. The summed E-state index contributed by atoms with van der Waals surface area (Å²) in [4.78, 5) is 0. The highest BCUT2D eigenvalue weighted by Gasteiger charge is 2.19. The van der Waals surface area contributed by atoms with Crippen LogP contribution in [-0.4, -0.2) is 16.3 Å². The zero-order chi connectivity index (χ0) is 10.9. The van der Waals surface area contributed by atoms with Crippen molar-refractivity contribution in [2.75, 3.05) is 0 Å². The second-order valence-electron chi connectivity index (χ2n) is 3.03. The molecule has 0 aliphatic heterocycles. The maximum Gasteiger partial charge on any atom is 0.168 e. The zero-order valence-electron chi connectivity index (χ0n) is 7.39. The number of aromatic hydroxyl groups is 1. The van der Waals surface area contributed by atoms with Crippen LogP contribution in [0.2, 0.25) is 0 Å². The van der Waals surface area contributed by atoms with E-state index in [1.165, 1.54) is 6.92 Å². The molecule has 1 atom stereocenters. The normalized spacial score (nSPS) is 12.9. The lowest BCUT2D eigenvalue weighted by Crippen LogP contribution is -2.08. The molecule has 0 aromatic heterocycles. The summed E-state index contributed by atoms with van der Waals surface area (Å²) in [5, 5.41) is 18.0. The third-order valence-electron chi connectivity index (χ3n) is 1.74. The van der Waals surface area contributed by atoms with Crippen LogP contribution in [0.4, 0.5) is 13.2 Å². The SMILES string of the molecule is CC(O)Cc1c(O)c(F)cc(F)c1F. The second kappa shape index (κ2) is 3.88. The summed E-state index contributed by atoms with van der Waals surface area (Å²) in [6, 6.07) is 0.260. The van der Waals surface area contributed by atoms with E-state index in [0.29, 0.717) is 0 Å². The third kappa shape index (κ3) is 1.98. The van der Waals surface area contributed by atoms with Crippen molar-refractivity contribution in [3.05, 3.63) is 29.1 Å². The molecule has 2 nitrogen and oxygen atoms in total. The minimum atomic E-state index is -1.38. The molecular weight excluding hydrogens is 197 g/mol. The molecule has 5 heteroatoms. The van der Waals surface area contributed by atoms with E-state index in [-0.39, 0.29) is 12.5 Å². The molecule has 1 unspecified atom stereocenters. The number of benzene rings is 1. The Bertz CT molecular complexity index is 324. The van der Waals surface area contributed by atoms with Crippen molar-refractivity contribution in [3.63, 3.8) is 0 Å². The lowest BCUT2D eigenvalue weighted by atomic mass is 10.1. The number of hydrogen-bond acceptors (Lipinski definition) is 2. The van der Waals surface area contributed by atoms with Gasteiger partial charge in [0, 0.05) is 18.1 Å². The van der Waals surface area contributed by atoms with Crippen molar-refractivity contribution in [3.8, 4) is 5.75 Å². The van der Waals surface area contributed by atoms with Crippen molar-refractivity contribution in [2.24, 2.45) is 0 Å². The van der Waals surface area contributed by atoms with Crippen LogP contribution in [0.3, 0.4) is 0 Å². The first-order chi connectivity index (χ1) is 6.43. The van der Waals surface area contributed by atoms with Crippen LogP contribution in [0.1, 0.15) is 12.5 Å². The van der Waals surface area contributed by atoms with Crippen LogP contribution < -0.4 is 0 Å². The Morgan fingerprint density at radius 3 is 2.36 bits per heavy atom. The quantitative estimate of drug-likeness (QED) is 0.723. The molecule has 0 saturated heterocycles. The number of aliphatic hydroxyl groups is 1. The fourth-order valence-corrected chi connectivity index (χ4v) is 1.12. The van der Waals surface area contributed by atoms with E-state index < -0.39 is 34.9 Å². The van der Waals surface area contributed by atoms with Crippen molar-refractivity contribution in [1.29, 1.82) is 0 Å². The highest BCUT2D eigenvalue weighted by Crippen LogP contribution is 2.27. The smallest absolute Gasteiger partial charge is 0.168 e. The Morgan fingerprint density at radius 2 is 1.86 bits per heavy atom. The van der Waals surface area contributed by atoms with Crippen LogP contribution in [-0.2, 0) is 6.42 Å². The Hall–Kier alpha value is -1.23. The predicted octanol–water partition coefficient (Wildman–Crippen LogP) is 1.73. The van der Waals surface area contributed by atoms with Crippen molar-refractivity contribution in [1.82, 2.24) is 0 Å². The number of hydrogen-bond donors (Lipinski definition) is 2. The molecule has 0 spiro atoms. The zero-order valence-corrected chi connectivity index (χ0v) is 7.39. The highest BCUT2D eigenvalue weighted by molar-refractivity contribution is 5.36. The number of phenolic OH excluding ortho intramolecular Hbond substituents is 1. The summed E-state index contributed by atoms with van der Waals surface area (Å²) in [7, 11) is 0. The lowest BCUT2D eigenvalue weighted by Gasteiger charge is -2.09. The van der Waals surface area contributed by atoms with Gasteiger partial charge in [-0.3, -0.25) is 0 Å². The summed E-state index contributed by atoms with van der Waals surface area (Å²) in [6.07, 6.45) is -1.33. The maximum absolute atomic E-state index is 13.0. The number of aliphatic hydroxyl groups excluding tert-OH is 1. The van der Waals surface area contributed by atoms with Gasteiger partial charge in [0.1, 0.15) is 0 Å². The van der Waals surface area contributed by atoms with E-state index >= 15 is 0 Å². The van der Waals surface area contributed by atoms with E-state index in [2.05, 4.69) is 0 Å². The molecule has 0 radical (unpaired) electrons. The Kier molecular flexibility index (Phi) is 3.00. The molecule has 0 saturated carbocycles. The molecule has 0 amide bonds. The van der Waals surface area contributed by atoms with Gasteiger partial charge in [-0.2, -0.15) is 0 Å². The van der Waals surface area contributed by atoms with Crippen LogP contribution in [0.25, 0.3) is 0 Å². The van der Waals surface area contributed by atoms with Gasteiger partial charge >= 0.3 is 0 Å². The van der Waals surface area contributed by atoms with E-state index in [9.17, 15) is 13.2 Å². The van der Waals surface area contributed by atoms with Crippen LogP contribution in [0.5, 0.6) is 5.75 Å². The minimum absolute atomic E-state index is 0.260. The van der Waals surface area contributed by atoms with E-state index in [1.807, 2.05) is 0 Å². The molecular formula is C9H9F3O2. The Labute approximate surface area is 78.6 Å². The summed E-state index contributed by atoms with van der Waals surface area (Å²) < 4.78 is 38.4. The topological polar surface area (TPSA) is 40.5 Å². The van der Waals surface area contributed by atoms with Crippen LogP contribution in [0.15, 0.2) is 6.07 Å². The molecule has 1 rings (SSSR count). The average molecular weight is 206 g/mol. The predicted molar refractivity (Wildman–Crippen MR) is 43.4 cm³/mol. The van der Waals surface area contributed by atoms with Gasteiger partial charge in [0.05, 0.1) is 6.10 Å². The maximum atomic E-state index is 13.0. The van der Waals surface area contributed by atoms with Crippen LogP contribution in [0, 0.1) is 17.5 Å². The summed E-state index contributed by atoms with van der Waals surface area (Å²) in [5.41, 5.74) is -0.544. The lowest BCUT2D eigenvalue weighted by molar-refractivity contribution is 0.192. The van der Waals surface area contributed by atoms with Gasteiger partial charge in [0.15, 0.2) is 23.2 Å². The highest BCUT2D eigenvalue weighted by atomic mass is 19.2. The second-order valence-corrected chi connectivity index (χ2v) is 3.03. The largest absolute Gasteiger partial charge is 0.505 e. The van der Waals surface area contributed by atoms with Gasteiger partial charge in [0.2, 0.25) is 0 Å². The molecule has 1 aromatic rings. The molecule has 1 aromatic carbocycles. The van der Waals surface area contributed by atoms with Crippen molar-refractivity contribution >= 4 is 0 Å². The van der Waals surface area contributed by atoms with Gasteiger partial charge in [-0.25, -0.2) is 13.2 Å². The molecule has 14 heavy (non-hydrogen) atoms. The third-order valence-corrected chi connectivity index (χ3v) is 1.74. The monoisotopic (exact) mass is 206 g/mol. The molecule has 0 bridgehead atoms. The summed E-state index contributed by atoms with van der Waals surface area (Å²) >= 11 is 0. The first-order valence-electron chi connectivity index (χ1n) is 3.97. The van der Waals surface area contributed by atoms with Crippen molar-refractivity contribution in [2.45, 2.75) is 19.4 Å². The van der Waals surface area contributed by atoms with Crippen molar-refractivity contribution < 1.29 is 23.4 Å². The fourth-order valence-electron chi connectivity index (χ4n) is 1.12. The molecule has 0 fully saturated rings. The number of halogens is 3. The molecule has 0 heterocycles. The standard InChI is InChI=1S/C9H9F3O2/c1-4(13)2-5-8(12)6(10)3-7(11)9(5)14/h3-4,13-14H,2H2,1H3. The average Bonchev–Trinajstić information content (AvgIpc) is 2.09. The van der Waals surface area contributed by atoms with E-state index in [1.54, 1.807) is 0 Å². The van der Waals surface area contributed by atoms with Gasteiger partial charge in [-0.15, -0.1) is 0 Å². The minimum Gasteiger partial charge on any atom is -0.505 e. The summed E-state index contributed by atoms with van der Waals surface area (Å²) in [6.45, 7) is 1.32. The summed E-state index contributed by atoms with van der Waals surface area (Å²) in [5.74, 6) is -4.90. The van der Waals surface area contributed by atoms with Crippen LogP contribution >= 0.6 is 0 Å². The number of rotatable bonds is 2. The Morgan fingerprint density at radius 1 is 1.29 bits per heavy atom. The molecule has 0 aliphatic carbocycles. The first kappa shape index (κ1) is 10.8. The first-order valence-corrected chi connectivity index (χ1v) is 3.97.